The molecule has 3 nitrogen and oxygen atoms in total. The molecule has 6 heteroatoms. The first-order valence-electron chi connectivity index (χ1n) is 6.10. The van der Waals surface area contributed by atoms with E-state index >= 15 is 0 Å². The average molecular weight is 350 g/mol. The summed E-state index contributed by atoms with van der Waals surface area (Å²) in [6.45, 7) is 3.42. The number of benzene rings is 1. The van der Waals surface area contributed by atoms with Gasteiger partial charge >= 0.3 is 0 Å². The van der Waals surface area contributed by atoms with Gasteiger partial charge in [0.2, 0.25) is 0 Å². The Labute approximate surface area is 126 Å². The van der Waals surface area contributed by atoms with Gasteiger partial charge in [0.15, 0.2) is 0 Å². The number of nitrogens with zero attached hydrogens (tertiary/aromatic N) is 1. The van der Waals surface area contributed by atoms with E-state index in [4.69, 9.17) is 0 Å². The summed E-state index contributed by atoms with van der Waals surface area (Å²) in [6, 6.07) is 4.59. The van der Waals surface area contributed by atoms with Crippen molar-refractivity contribution in [2.45, 2.75) is 0 Å². The molecule has 1 aromatic rings. The van der Waals surface area contributed by atoms with Gasteiger partial charge in [-0.2, -0.15) is 0 Å². The molecule has 0 unspecified atom stereocenters. The Morgan fingerprint density at radius 1 is 1.32 bits per heavy atom. The van der Waals surface area contributed by atoms with Crippen LogP contribution in [0.4, 0.5) is 4.39 Å². The Morgan fingerprint density at radius 2 is 1.95 bits per heavy atom. The van der Waals surface area contributed by atoms with Crippen molar-refractivity contribution in [3.8, 4) is 0 Å². The van der Waals surface area contributed by atoms with E-state index in [1.807, 2.05) is 0 Å². The maximum atomic E-state index is 13.8. The van der Waals surface area contributed by atoms with E-state index in [1.165, 1.54) is 6.07 Å². The average Bonchev–Trinajstić information content (AvgIpc) is 2.87. The first kappa shape index (κ1) is 14.8. The molecule has 2 heterocycles. The van der Waals surface area contributed by atoms with Gasteiger partial charge in [0, 0.05) is 30.7 Å². The van der Waals surface area contributed by atoms with E-state index < -0.39 is 5.82 Å². The SMILES string of the molecule is Cl.O=C(c1ccc(Br)cc1F)N1C[C@H]2CNC[C@H]2C1. The highest BCUT2D eigenvalue weighted by Gasteiger charge is 2.38. The monoisotopic (exact) mass is 348 g/mol. The third-order valence-corrected chi connectivity index (χ3v) is 4.33. The van der Waals surface area contributed by atoms with Crippen LogP contribution < -0.4 is 5.32 Å². The van der Waals surface area contributed by atoms with Gasteiger partial charge in [-0.25, -0.2) is 4.39 Å². The van der Waals surface area contributed by atoms with Crippen LogP contribution >= 0.6 is 28.3 Å². The summed E-state index contributed by atoms with van der Waals surface area (Å²) in [5, 5.41) is 3.32. The molecule has 2 saturated heterocycles. The molecular weight excluding hydrogens is 335 g/mol. The number of carbonyl (C=O) groups excluding carboxylic acids is 1. The smallest absolute Gasteiger partial charge is 0.256 e. The zero-order valence-corrected chi connectivity index (χ0v) is 12.6. The summed E-state index contributed by atoms with van der Waals surface area (Å²) in [5.74, 6) is 0.430. The third-order valence-electron chi connectivity index (χ3n) is 3.84. The Morgan fingerprint density at radius 3 is 2.53 bits per heavy atom. The zero-order chi connectivity index (χ0) is 12.7. The van der Waals surface area contributed by atoms with Gasteiger partial charge in [0.25, 0.3) is 5.91 Å². The molecule has 0 bridgehead atoms. The molecule has 3 rings (SSSR count). The zero-order valence-electron chi connectivity index (χ0n) is 10.2. The Hall–Kier alpha value is -0.650. The quantitative estimate of drug-likeness (QED) is 0.844. The van der Waals surface area contributed by atoms with Crippen molar-refractivity contribution >= 4 is 34.2 Å². The number of hydrogen-bond donors (Lipinski definition) is 1. The largest absolute Gasteiger partial charge is 0.338 e. The van der Waals surface area contributed by atoms with E-state index in [2.05, 4.69) is 21.2 Å². The number of likely N-dealkylation sites (tertiary alicyclic amines) is 1. The summed E-state index contributed by atoms with van der Waals surface area (Å²) < 4.78 is 14.4. The lowest BCUT2D eigenvalue weighted by atomic mass is 10.0. The minimum atomic E-state index is -0.454. The number of amides is 1. The number of hydrogen-bond acceptors (Lipinski definition) is 2. The van der Waals surface area contributed by atoms with Crippen molar-refractivity contribution in [3.63, 3.8) is 0 Å². The molecule has 0 saturated carbocycles. The fourth-order valence-electron chi connectivity index (χ4n) is 2.85. The first-order valence-corrected chi connectivity index (χ1v) is 6.89. The number of fused-ring (bicyclic) bond motifs is 1. The predicted octanol–water partition coefficient (Wildman–Crippen LogP) is 2.30. The molecule has 1 N–H and O–H groups in total. The van der Waals surface area contributed by atoms with Gasteiger partial charge in [0.05, 0.1) is 5.56 Å². The molecule has 19 heavy (non-hydrogen) atoms. The van der Waals surface area contributed by atoms with Crippen LogP contribution in [0.15, 0.2) is 22.7 Å². The van der Waals surface area contributed by atoms with Crippen LogP contribution in [0, 0.1) is 17.7 Å². The molecule has 1 amide bonds. The normalized spacial score (nSPS) is 25.1. The molecule has 1 aromatic carbocycles. The van der Waals surface area contributed by atoms with Crippen LogP contribution in [0.2, 0.25) is 0 Å². The molecule has 2 atom stereocenters. The van der Waals surface area contributed by atoms with Crippen LogP contribution in [-0.2, 0) is 0 Å². The number of rotatable bonds is 1. The summed E-state index contributed by atoms with van der Waals surface area (Å²) in [4.78, 5) is 14.0. The van der Waals surface area contributed by atoms with Crippen molar-refractivity contribution in [3.05, 3.63) is 34.1 Å². The van der Waals surface area contributed by atoms with Gasteiger partial charge in [-0.3, -0.25) is 4.79 Å². The minimum Gasteiger partial charge on any atom is -0.338 e. The lowest BCUT2D eigenvalue weighted by Gasteiger charge is -2.17. The molecule has 0 aromatic heterocycles. The molecule has 0 radical (unpaired) electrons. The summed E-state index contributed by atoms with van der Waals surface area (Å²) in [5.41, 5.74) is 0.172. The second-order valence-electron chi connectivity index (χ2n) is 5.01. The Bertz CT molecular complexity index is 488. The van der Waals surface area contributed by atoms with Crippen molar-refractivity contribution in [2.75, 3.05) is 26.2 Å². The number of nitrogens with one attached hydrogen (secondary N) is 1. The fraction of sp³-hybridized carbons (Fsp3) is 0.462. The maximum absolute atomic E-state index is 13.8. The van der Waals surface area contributed by atoms with Crippen molar-refractivity contribution < 1.29 is 9.18 Å². The van der Waals surface area contributed by atoms with Crippen molar-refractivity contribution in [2.24, 2.45) is 11.8 Å². The van der Waals surface area contributed by atoms with Gasteiger partial charge in [-0.1, -0.05) is 15.9 Å². The van der Waals surface area contributed by atoms with Crippen LogP contribution in [0.25, 0.3) is 0 Å². The summed E-state index contributed by atoms with van der Waals surface area (Å²) in [6.07, 6.45) is 0. The molecule has 2 aliphatic heterocycles. The van der Waals surface area contributed by atoms with Crippen LogP contribution in [-0.4, -0.2) is 37.0 Å². The van der Waals surface area contributed by atoms with E-state index in [1.54, 1.807) is 17.0 Å². The second-order valence-corrected chi connectivity index (χ2v) is 5.93. The van der Waals surface area contributed by atoms with Crippen molar-refractivity contribution in [1.82, 2.24) is 10.2 Å². The standard InChI is InChI=1S/C13H14BrFN2O.ClH/c14-10-1-2-11(12(15)3-10)13(18)17-6-8-4-16-5-9(8)7-17;/h1-3,8-9,16H,4-7H2;1H/t8-,9+;. The maximum Gasteiger partial charge on any atom is 0.256 e. The predicted molar refractivity (Wildman–Crippen MR) is 77.1 cm³/mol. The van der Waals surface area contributed by atoms with Gasteiger partial charge in [0.1, 0.15) is 5.82 Å². The molecule has 2 fully saturated rings. The Balaban J connectivity index is 0.00000133. The van der Waals surface area contributed by atoms with Gasteiger partial charge < -0.3 is 10.2 Å². The van der Waals surface area contributed by atoms with E-state index in [9.17, 15) is 9.18 Å². The highest BCUT2D eigenvalue weighted by molar-refractivity contribution is 9.10. The van der Waals surface area contributed by atoms with Gasteiger partial charge in [-0.15, -0.1) is 12.4 Å². The van der Waals surface area contributed by atoms with Crippen LogP contribution in [0.5, 0.6) is 0 Å². The third kappa shape index (κ3) is 2.78. The Kier molecular flexibility index (Phi) is 4.48. The fourth-order valence-corrected chi connectivity index (χ4v) is 3.19. The molecular formula is C13H15BrClFN2O. The number of carbonyl (C=O) groups is 1. The first-order chi connectivity index (χ1) is 8.65. The molecule has 0 spiro atoms. The van der Waals surface area contributed by atoms with Crippen molar-refractivity contribution in [1.29, 1.82) is 0 Å². The summed E-state index contributed by atoms with van der Waals surface area (Å²) >= 11 is 3.20. The summed E-state index contributed by atoms with van der Waals surface area (Å²) in [7, 11) is 0. The lowest BCUT2D eigenvalue weighted by Crippen LogP contribution is -2.32. The van der Waals surface area contributed by atoms with E-state index in [-0.39, 0.29) is 23.9 Å². The van der Waals surface area contributed by atoms with Gasteiger partial charge in [-0.05, 0) is 30.0 Å². The van der Waals surface area contributed by atoms with E-state index in [0.717, 1.165) is 26.2 Å². The number of halogens is 3. The molecule has 0 aliphatic carbocycles. The molecule has 2 aliphatic rings. The highest BCUT2D eigenvalue weighted by Crippen LogP contribution is 2.28. The molecule has 104 valence electrons. The topological polar surface area (TPSA) is 32.3 Å². The minimum absolute atomic E-state index is 0. The van der Waals surface area contributed by atoms with Crippen LogP contribution in [0.1, 0.15) is 10.4 Å². The van der Waals surface area contributed by atoms with E-state index in [0.29, 0.717) is 16.3 Å². The lowest BCUT2D eigenvalue weighted by molar-refractivity contribution is 0.0777. The highest BCUT2D eigenvalue weighted by atomic mass is 79.9. The second kappa shape index (κ2) is 5.77. The van der Waals surface area contributed by atoms with Crippen LogP contribution in [0.3, 0.4) is 0 Å².